The Hall–Kier alpha value is -2.46. The third-order valence-electron chi connectivity index (χ3n) is 3.46. The minimum atomic E-state index is -1.03. The normalized spacial score (nSPS) is 10.8. The first kappa shape index (κ1) is 14.5. The summed E-state index contributed by atoms with van der Waals surface area (Å²) in [5.41, 5.74) is 2.54. The van der Waals surface area contributed by atoms with Crippen molar-refractivity contribution in [3.05, 3.63) is 64.3 Å². The highest BCUT2D eigenvalue weighted by Crippen LogP contribution is 2.35. The lowest BCUT2D eigenvalue weighted by atomic mass is 10.1. The maximum Gasteiger partial charge on any atom is 0.352 e. The Balaban J connectivity index is 2.01. The molecule has 0 atom stereocenters. The van der Waals surface area contributed by atoms with Gasteiger partial charge >= 0.3 is 5.97 Å². The van der Waals surface area contributed by atoms with Crippen molar-refractivity contribution in [1.29, 1.82) is 0 Å². The first-order chi connectivity index (χ1) is 10.6. The monoisotopic (exact) mass is 315 g/mol. The molecule has 3 aromatic rings. The topological polar surface area (TPSA) is 62.3 Å². The maximum atomic E-state index is 11.1. The molecule has 0 saturated heterocycles. The average Bonchev–Trinajstić information content (AvgIpc) is 2.96. The number of halogens is 1. The van der Waals surface area contributed by atoms with E-state index in [9.17, 15) is 4.79 Å². The Morgan fingerprint density at radius 3 is 2.68 bits per heavy atom. The molecule has 2 aromatic carbocycles. The van der Waals surface area contributed by atoms with Crippen molar-refractivity contribution in [2.24, 2.45) is 0 Å². The lowest BCUT2D eigenvalue weighted by Gasteiger charge is -2.10. The number of aromatic amines is 1. The van der Waals surface area contributed by atoms with Crippen molar-refractivity contribution in [2.75, 3.05) is 0 Å². The van der Waals surface area contributed by atoms with Gasteiger partial charge in [-0.15, -0.1) is 0 Å². The predicted molar refractivity (Wildman–Crippen MR) is 85.8 cm³/mol. The molecule has 0 radical (unpaired) electrons. The van der Waals surface area contributed by atoms with Crippen molar-refractivity contribution in [3.8, 4) is 5.75 Å². The second-order valence-corrected chi connectivity index (χ2v) is 5.43. The summed E-state index contributed by atoms with van der Waals surface area (Å²) in [4.78, 5) is 14.0. The van der Waals surface area contributed by atoms with Gasteiger partial charge in [-0.3, -0.25) is 0 Å². The van der Waals surface area contributed by atoms with E-state index in [0.29, 0.717) is 28.3 Å². The van der Waals surface area contributed by atoms with Crippen LogP contribution in [-0.4, -0.2) is 16.1 Å². The molecule has 0 aliphatic heterocycles. The molecule has 0 aliphatic carbocycles. The molecule has 5 heteroatoms. The van der Waals surface area contributed by atoms with Gasteiger partial charge in [-0.05, 0) is 30.2 Å². The number of benzene rings is 2. The summed E-state index contributed by atoms with van der Waals surface area (Å²) in [6.45, 7) is 2.27. The van der Waals surface area contributed by atoms with Gasteiger partial charge in [0.05, 0.1) is 10.5 Å². The average molecular weight is 316 g/mol. The number of H-pyrrole nitrogens is 1. The van der Waals surface area contributed by atoms with E-state index in [1.165, 1.54) is 0 Å². The molecule has 22 heavy (non-hydrogen) atoms. The molecule has 4 nitrogen and oxygen atoms in total. The number of ether oxygens (including phenoxy) is 1. The van der Waals surface area contributed by atoms with Crippen molar-refractivity contribution < 1.29 is 14.6 Å². The van der Waals surface area contributed by atoms with Gasteiger partial charge in [-0.2, -0.15) is 0 Å². The lowest BCUT2D eigenvalue weighted by Crippen LogP contribution is -1.96. The zero-order valence-corrected chi connectivity index (χ0v) is 12.6. The molecular weight excluding hydrogens is 302 g/mol. The van der Waals surface area contributed by atoms with Crippen molar-refractivity contribution in [1.82, 2.24) is 4.98 Å². The van der Waals surface area contributed by atoms with Gasteiger partial charge in [0.1, 0.15) is 18.1 Å². The van der Waals surface area contributed by atoms with Gasteiger partial charge in [0.2, 0.25) is 0 Å². The van der Waals surface area contributed by atoms with E-state index in [2.05, 4.69) is 4.98 Å². The molecule has 1 heterocycles. The SMILES string of the molecule is Cc1cc(OCc2ccccc2)c2cc(C(=O)O)[nH]c2c1Cl. The summed E-state index contributed by atoms with van der Waals surface area (Å²) in [7, 11) is 0. The van der Waals surface area contributed by atoms with Crippen LogP contribution >= 0.6 is 11.6 Å². The van der Waals surface area contributed by atoms with Crippen LogP contribution in [0.25, 0.3) is 10.9 Å². The van der Waals surface area contributed by atoms with Crippen molar-refractivity contribution in [2.45, 2.75) is 13.5 Å². The van der Waals surface area contributed by atoms with Gasteiger partial charge < -0.3 is 14.8 Å². The first-order valence-electron chi connectivity index (χ1n) is 6.78. The number of aromatic nitrogens is 1. The second kappa shape index (κ2) is 5.73. The number of hydrogen-bond acceptors (Lipinski definition) is 2. The van der Waals surface area contributed by atoms with Gasteiger partial charge in [0.15, 0.2) is 0 Å². The molecule has 1 aromatic heterocycles. The molecular formula is C17H14ClNO3. The van der Waals surface area contributed by atoms with Gasteiger partial charge in [-0.1, -0.05) is 41.9 Å². The zero-order valence-electron chi connectivity index (χ0n) is 11.9. The fourth-order valence-corrected chi connectivity index (χ4v) is 2.53. The van der Waals surface area contributed by atoms with E-state index in [1.807, 2.05) is 43.3 Å². The number of rotatable bonds is 4. The van der Waals surface area contributed by atoms with Gasteiger partial charge in [-0.25, -0.2) is 4.79 Å². The minimum Gasteiger partial charge on any atom is -0.488 e. The third-order valence-corrected chi connectivity index (χ3v) is 3.95. The van der Waals surface area contributed by atoms with Crippen LogP contribution in [0.2, 0.25) is 5.02 Å². The van der Waals surface area contributed by atoms with E-state index in [1.54, 1.807) is 6.07 Å². The molecule has 0 spiro atoms. The standard InChI is InChI=1S/C17H14ClNO3/c1-10-7-14(22-9-11-5-3-2-4-6-11)12-8-13(17(20)21)19-16(12)15(10)18/h2-8,19H,9H2,1H3,(H,20,21). The molecule has 0 bridgehead atoms. The summed E-state index contributed by atoms with van der Waals surface area (Å²) in [5, 5.41) is 10.3. The fourth-order valence-electron chi connectivity index (χ4n) is 2.33. The number of carboxylic acids is 1. The maximum absolute atomic E-state index is 11.1. The molecule has 112 valence electrons. The van der Waals surface area contributed by atoms with Crippen LogP contribution in [0.1, 0.15) is 21.6 Å². The highest BCUT2D eigenvalue weighted by atomic mass is 35.5. The predicted octanol–water partition coefficient (Wildman–Crippen LogP) is 4.41. The highest BCUT2D eigenvalue weighted by Gasteiger charge is 2.15. The molecule has 3 rings (SSSR count). The summed E-state index contributed by atoms with van der Waals surface area (Å²) in [6, 6.07) is 13.1. The largest absolute Gasteiger partial charge is 0.488 e. The van der Waals surface area contributed by atoms with E-state index in [-0.39, 0.29) is 5.69 Å². The summed E-state index contributed by atoms with van der Waals surface area (Å²) >= 11 is 6.25. The Morgan fingerprint density at radius 2 is 2.00 bits per heavy atom. The third kappa shape index (κ3) is 2.65. The van der Waals surface area contributed by atoms with Crippen molar-refractivity contribution in [3.63, 3.8) is 0 Å². The van der Waals surface area contributed by atoms with Gasteiger partial charge in [0, 0.05) is 5.39 Å². The molecule has 0 unspecified atom stereocenters. The number of nitrogens with one attached hydrogen (secondary N) is 1. The molecule has 0 fully saturated rings. The number of hydrogen-bond donors (Lipinski definition) is 2. The molecule has 0 amide bonds. The molecule has 2 N–H and O–H groups in total. The van der Waals surface area contributed by atoms with Crippen LogP contribution in [0.15, 0.2) is 42.5 Å². The highest BCUT2D eigenvalue weighted by molar-refractivity contribution is 6.36. The van der Waals surface area contributed by atoms with Crippen molar-refractivity contribution >= 4 is 28.5 Å². The van der Waals surface area contributed by atoms with E-state index < -0.39 is 5.97 Å². The summed E-state index contributed by atoms with van der Waals surface area (Å²) in [6.07, 6.45) is 0. The van der Waals surface area contributed by atoms with E-state index >= 15 is 0 Å². The second-order valence-electron chi connectivity index (χ2n) is 5.06. The fraction of sp³-hybridized carbons (Fsp3) is 0.118. The van der Waals surface area contributed by atoms with E-state index in [4.69, 9.17) is 21.4 Å². The smallest absolute Gasteiger partial charge is 0.352 e. The number of fused-ring (bicyclic) bond motifs is 1. The van der Waals surface area contributed by atoms with Crippen LogP contribution in [0.3, 0.4) is 0 Å². The Labute approximate surface area is 132 Å². The number of aromatic carboxylic acids is 1. The van der Waals surface area contributed by atoms with E-state index in [0.717, 1.165) is 11.1 Å². The lowest BCUT2D eigenvalue weighted by molar-refractivity contribution is 0.0691. The Morgan fingerprint density at radius 1 is 1.27 bits per heavy atom. The molecule has 0 aliphatic rings. The van der Waals surface area contributed by atoms with Crippen LogP contribution in [-0.2, 0) is 6.61 Å². The number of carbonyl (C=O) groups is 1. The van der Waals surface area contributed by atoms with Crippen LogP contribution < -0.4 is 4.74 Å². The molecule has 0 saturated carbocycles. The minimum absolute atomic E-state index is 0.0899. The first-order valence-corrected chi connectivity index (χ1v) is 7.16. The Bertz CT molecular complexity index is 840. The zero-order chi connectivity index (χ0) is 15.7. The quantitative estimate of drug-likeness (QED) is 0.749. The number of carboxylic acid groups (broad SMARTS) is 1. The van der Waals surface area contributed by atoms with Crippen LogP contribution in [0.4, 0.5) is 0 Å². The number of aryl methyl sites for hydroxylation is 1. The summed E-state index contributed by atoms with van der Waals surface area (Å²) in [5.74, 6) is -0.413. The summed E-state index contributed by atoms with van der Waals surface area (Å²) < 4.78 is 5.86. The van der Waals surface area contributed by atoms with Gasteiger partial charge in [0.25, 0.3) is 0 Å². The van der Waals surface area contributed by atoms with Crippen LogP contribution in [0, 0.1) is 6.92 Å². The van der Waals surface area contributed by atoms with Crippen LogP contribution in [0.5, 0.6) is 5.75 Å². The Kier molecular flexibility index (Phi) is 3.77.